The number of carbonyl (C=O) groups excluding carboxylic acids is 3. The van der Waals surface area contributed by atoms with Crippen LogP contribution in [-0.4, -0.2) is 52.6 Å². The summed E-state index contributed by atoms with van der Waals surface area (Å²) in [6.07, 6.45) is -0.787. The van der Waals surface area contributed by atoms with E-state index in [2.05, 4.69) is 0 Å². The number of benzene rings is 1. The maximum absolute atomic E-state index is 12.1. The van der Waals surface area contributed by atoms with Crippen molar-refractivity contribution in [3.05, 3.63) is 35.9 Å². The van der Waals surface area contributed by atoms with Crippen LogP contribution in [0.5, 0.6) is 0 Å². The number of hydrogen-bond acceptors (Lipinski definition) is 6. The van der Waals surface area contributed by atoms with Crippen LogP contribution in [0.1, 0.15) is 25.8 Å². The summed E-state index contributed by atoms with van der Waals surface area (Å²) < 4.78 is 11.3. The molecule has 2 fully saturated rings. The average Bonchev–Trinajstić information content (AvgIpc) is 2.99. The molecule has 7 heteroatoms. The van der Waals surface area contributed by atoms with Crippen molar-refractivity contribution < 1.29 is 23.9 Å². The van der Waals surface area contributed by atoms with Gasteiger partial charge >= 0.3 is 5.97 Å². The van der Waals surface area contributed by atoms with Gasteiger partial charge in [0.25, 0.3) is 0 Å². The minimum Gasteiger partial charge on any atom is -0.458 e. The van der Waals surface area contributed by atoms with Crippen molar-refractivity contribution >= 4 is 17.8 Å². The summed E-state index contributed by atoms with van der Waals surface area (Å²) in [7, 11) is 0. The number of hydrogen-bond donors (Lipinski definition) is 0. The van der Waals surface area contributed by atoms with E-state index in [1.807, 2.05) is 30.3 Å². The lowest BCUT2D eigenvalue weighted by molar-refractivity contribution is -0.156. The first kappa shape index (κ1) is 16.6. The Morgan fingerprint density at radius 2 is 1.92 bits per heavy atom. The molecule has 0 saturated carbocycles. The molecule has 0 radical (unpaired) electrons. The lowest BCUT2D eigenvalue weighted by atomic mass is 10.1. The first-order valence-electron chi connectivity index (χ1n) is 7.90. The number of hydrazine groups is 1. The number of nitrogens with zero attached hydrogens (tertiary/aromatic N) is 2. The zero-order valence-electron chi connectivity index (χ0n) is 13.7. The van der Waals surface area contributed by atoms with Crippen molar-refractivity contribution in [2.75, 3.05) is 6.54 Å². The molecule has 1 aromatic rings. The molecule has 0 spiro atoms. The van der Waals surface area contributed by atoms with Gasteiger partial charge in [0.05, 0.1) is 19.2 Å². The minimum atomic E-state index is -0.508. The number of rotatable bonds is 4. The maximum Gasteiger partial charge on any atom is 0.303 e. The predicted molar refractivity (Wildman–Crippen MR) is 83.2 cm³/mol. The van der Waals surface area contributed by atoms with Gasteiger partial charge in [-0.15, -0.1) is 0 Å². The van der Waals surface area contributed by atoms with Crippen LogP contribution in [0.2, 0.25) is 0 Å². The number of esters is 1. The Labute approximate surface area is 140 Å². The standard InChI is InChI=1S/C17H20N2O5/c1-11(20)19-16(22)8-14-17(15(9-18(14)19)24-12(2)21)23-10-13-6-4-3-5-7-13/h3-7,14-15,17H,8-10H2,1-2H3/t14-,15+,17+/m0/s1. The molecule has 0 N–H and O–H groups in total. The van der Waals surface area contributed by atoms with E-state index in [4.69, 9.17) is 9.47 Å². The second kappa shape index (κ2) is 6.70. The Kier molecular flexibility index (Phi) is 4.64. The van der Waals surface area contributed by atoms with Crippen LogP contribution < -0.4 is 0 Å². The van der Waals surface area contributed by atoms with Gasteiger partial charge < -0.3 is 9.47 Å². The van der Waals surface area contributed by atoms with Gasteiger partial charge in [-0.1, -0.05) is 30.3 Å². The molecule has 7 nitrogen and oxygen atoms in total. The molecule has 2 aliphatic rings. The highest BCUT2D eigenvalue weighted by molar-refractivity contribution is 5.95. The first-order chi connectivity index (χ1) is 11.5. The molecule has 1 aromatic carbocycles. The molecule has 2 saturated heterocycles. The normalized spacial score (nSPS) is 26.5. The molecule has 2 amide bonds. The Balaban J connectivity index is 1.77. The predicted octanol–water partition coefficient (Wildman–Crippen LogP) is 0.881. The van der Waals surface area contributed by atoms with Gasteiger partial charge in [-0.2, -0.15) is 0 Å². The second-order valence-corrected chi connectivity index (χ2v) is 6.03. The van der Waals surface area contributed by atoms with Gasteiger partial charge in [0, 0.05) is 20.3 Å². The topological polar surface area (TPSA) is 76.2 Å². The van der Waals surface area contributed by atoms with Gasteiger partial charge in [0.2, 0.25) is 11.8 Å². The van der Waals surface area contributed by atoms with Crippen molar-refractivity contribution in [1.82, 2.24) is 10.0 Å². The molecule has 0 bridgehead atoms. The summed E-state index contributed by atoms with van der Waals surface area (Å²) in [6, 6.07) is 9.34. The molecule has 0 aromatic heterocycles. The van der Waals surface area contributed by atoms with Crippen molar-refractivity contribution in [2.24, 2.45) is 0 Å². The van der Waals surface area contributed by atoms with Crippen molar-refractivity contribution in [2.45, 2.75) is 45.1 Å². The van der Waals surface area contributed by atoms with Crippen LogP contribution in [0.15, 0.2) is 30.3 Å². The highest BCUT2D eigenvalue weighted by Crippen LogP contribution is 2.34. The van der Waals surface area contributed by atoms with E-state index >= 15 is 0 Å². The van der Waals surface area contributed by atoms with E-state index in [1.54, 1.807) is 5.01 Å². The summed E-state index contributed by atoms with van der Waals surface area (Å²) in [4.78, 5) is 35.2. The van der Waals surface area contributed by atoms with E-state index in [-0.39, 0.29) is 30.8 Å². The lowest BCUT2D eigenvalue weighted by Gasteiger charge is -2.24. The smallest absolute Gasteiger partial charge is 0.303 e. The Morgan fingerprint density at radius 3 is 2.54 bits per heavy atom. The van der Waals surface area contributed by atoms with E-state index in [9.17, 15) is 14.4 Å². The van der Waals surface area contributed by atoms with Crippen molar-refractivity contribution in [3.63, 3.8) is 0 Å². The van der Waals surface area contributed by atoms with Crippen LogP contribution in [0.4, 0.5) is 0 Å². The van der Waals surface area contributed by atoms with E-state index in [0.717, 1.165) is 10.6 Å². The highest BCUT2D eigenvalue weighted by atomic mass is 16.6. The second-order valence-electron chi connectivity index (χ2n) is 6.03. The molecule has 2 aliphatic heterocycles. The first-order valence-corrected chi connectivity index (χ1v) is 7.90. The molecule has 128 valence electrons. The van der Waals surface area contributed by atoms with Gasteiger partial charge in [-0.25, -0.2) is 10.0 Å². The van der Waals surface area contributed by atoms with Crippen LogP contribution in [0.3, 0.4) is 0 Å². The van der Waals surface area contributed by atoms with Crippen LogP contribution in [-0.2, 0) is 30.5 Å². The number of imide groups is 1. The largest absolute Gasteiger partial charge is 0.458 e. The van der Waals surface area contributed by atoms with Crippen LogP contribution in [0, 0.1) is 0 Å². The molecular formula is C17H20N2O5. The van der Waals surface area contributed by atoms with E-state index in [0.29, 0.717) is 6.61 Å². The quantitative estimate of drug-likeness (QED) is 0.762. The summed E-state index contributed by atoms with van der Waals surface area (Å²) in [5.74, 6) is -0.995. The van der Waals surface area contributed by atoms with Crippen molar-refractivity contribution in [3.8, 4) is 0 Å². The fraction of sp³-hybridized carbons (Fsp3) is 0.471. The molecule has 2 heterocycles. The summed E-state index contributed by atoms with van der Waals surface area (Å²) in [6.45, 7) is 3.31. The summed E-state index contributed by atoms with van der Waals surface area (Å²) in [5, 5.41) is 2.79. The zero-order chi connectivity index (χ0) is 17.3. The molecule has 0 aliphatic carbocycles. The fourth-order valence-corrected chi connectivity index (χ4v) is 3.36. The molecule has 24 heavy (non-hydrogen) atoms. The average molecular weight is 332 g/mol. The monoisotopic (exact) mass is 332 g/mol. The Morgan fingerprint density at radius 1 is 1.21 bits per heavy atom. The summed E-state index contributed by atoms with van der Waals surface area (Å²) >= 11 is 0. The third kappa shape index (κ3) is 3.18. The van der Waals surface area contributed by atoms with E-state index < -0.39 is 18.2 Å². The number of amides is 2. The third-order valence-electron chi connectivity index (χ3n) is 4.27. The van der Waals surface area contributed by atoms with Crippen molar-refractivity contribution in [1.29, 1.82) is 0 Å². The van der Waals surface area contributed by atoms with Gasteiger partial charge in [-0.3, -0.25) is 14.4 Å². The third-order valence-corrected chi connectivity index (χ3v) is 4.27. The lowest BCUT2D eigenvalue weighted by Crippen LogP contribution is -2.44. The van der Waals surface area contributed by atoms with Crippen LogP contribution >= 0.6 is 0 Å². The van der Waals surface area contributed by atoms with Gasteiger partial charge in [0.15, 0.2) is 0 Å². The van der Waals surface area contributed by atoms with E-state index in [1.165, 1.54) is 13.8 Å². The highest BCUT2D eigenvalue weighted by Gasteiger charge is 2.54. The fourth-order valence-electron chi connectivity index (χ4n) is 3.36. The Bertz CT molecular complexity index is 648. The van der Waals surface area contributed by atoms with Gasteiger partial charge in [0.1, 0.15) is 12.2 Å². The zero-order valence-corrected chi connectivity index (χ0v) is 13.7. The molecular weight excluding hydrogens is 312 g/mol. The summed E-state index contributed by atoms with van der Waals surface area (Å²) in [5.41, 5.74) is 0.991. The van der Waals surface area contributed by atoms with Crippen LogP contribution in [0.25, 0.3) is 0 Å². The Hall–Kier alpha value is -2.25. The van der Waals surface area contributed by atoms with Gasteiger partial charge in [-0.05, 0) is 5.56 Å². The maximum atomic E-state index is 12.1. The molecule has 0 unspecified atom stereocenters. The molecule has 3 atom stereocenters. The number of ether oxygens (including phenoxy) is 2. The number of fused-ring (bicyclic) bond motifs is 1. The number of carbonyl (C=O) groups is 3. The SMILES string of the molecule is CC(=O)O[C@@H]1CN2[C@@H](CC(=O)N2C(C)=O)[C@H]1OCc1ccccc1. The molecule has 3 rings (SSSR count). The minimum absolute atomic E-state index is 0.177.